The summed E-state index contributed by atoms with van der Waals surface area (Å²) in [5.41, 5.74) is 0.924. The molecule has 30 heavy (non-hydrogen) atoms. The summed E-state index contributed by atoms with van der Waals surface area (Å²) in [6, 6.07) is 8.82. The number of rotatable bonds is 7. The highest BCUT2D eigenvalue weighted by molar-refractivity contribution is 7.89. The maximum Gasteiger partial charge on any atom is 0.340 e. The van der Waals surface area contributed by atoms with E-state index in [4.69, 9.17) is 21.1 Å². The summed E-state index contributed by atoms with van der Waals surface area (Å²) < 4.78 is 37.5. The predicted octanol–water partition coefficient (Wildman–Crippen LogP) is 3.69. The van der Waals surface area contributed by atoms with Gasteiger partial charge in [-0.15, -0.1) is 0 Å². The lowest BCUT2D eigenvalue weighted by molar-refractivity contribution is 0.0470. The molecule has 0 spiro atoms. The highest BCUT2D eigenvalue weighted by Crippen LogP contribution is 2.27. The standard InChI is InChI=1S/C21H22ClNO6S/c1-14(24)15-5-8-20(28-2)16(11-15)13-29-21(25)18-12-17(6-7-19(18)22)30(26,27)23-9-3-4-10-23/h5-8,11-12H,3-4,9-10,13H2,1-2H3. The number of halogens is 1. The van der Waals surface area contributed by atoms with Crippen LogP contribution in [0.5, 0.6) is 5.75 Å². The first-order chi connectivity index (χ1) is 14.2. The molecule has 3 rings (SSSR count). The average Bonchev–Trinajstić information content (AvgIpc) is 3.27. The van der Waals surface area contributed by atoms with Gasteiger partial charge in [-0.2, -0.15) is 4.31 Å². The second-order valence-electron chi connectivity index (χ2n) is 6.91. The van der Waals surface area contributed by atoms with Gasteiger partial charge in [0.15, 0.2) is 5.78 Å². The SMILES string of the molecule is COc1ccc(C(C)=O)cc1COC(=O)c1cc(S(=O)(=O)N2CCCC2)ccc1Cl. The lowest BCUT2D eigenvalue weighted by Gasteiger charge is -2.16. The highest BCUT2D eigenvalue weighted by Gasteiger charge is 2.28. The van der Waals surface area contributed by atoms with Crippen LogP contribution in [-0.2, 0) is 21.4 Å². The van der Waals surface area contributed by atoms with Gasteiger partial charge in [0.1, 0.15) is 12.4 Å². The summed E-state index contributed by atoms with van der Waals surface area (Å²) in [6.07, 6.45) is 1.62. The topological polar surface area (TPSA) is 90.0 Å². The first kappa shape index (κ1) is 22.3. The normalized spacial score (nSPS) is 14.5. The minimum atomic E-state index is -3.69. The first-order valence-corrected chi connectivity index (χ1v) is 11.2. The second kappa shape index (κ2) is 9.16. The Balaban J connectivity index is 1.82. The van der Waals surface area contributed by atoms with Crippen LogP contribution < -0.4 is 4.74 Å². The van der Waals surface area contributed by atoms with Crippen LogP contribution in [0, 0.1) is 0 Å². The van der Waals surface area contributed by atoms with E-state index in [1.807, 2.05) is 0 Å². The number of sulfonamides is 1. The summed E-state index contributed by atoms with van der Waals surface area (Å²) in [6.45, 7) is 2.18. The van der Waals surface area contributed by atoms with Crippen molar-refractivity contribution in [1.82, 2.24) is 4.31 Å². The number of ether oxygens (including phenoxy) is 2. The van der Waals surface area contributed by atoms with E-state index in [1.54, 1.807) is 18.2 Å². The van der Waals surface area contributed by atoms with Gasteiger partial charge in [0.2, 0.25) is 10.0 Å². The second-order valence-corrected chi connectivity index (χ2v) is 9.26. The number of benzene rings is 2. The molecule has 1 aliphatic rings. The fourth-order valence-corrected chi connectivity index (χ4v) is 4.97. The van der Waals surface area contributed by atoms with Gasteiger partial charge in [0.25, 0.3) is 0 Å². The Kier molecular flexibility index (Phi) is 6.80. The molecular weight excluding hydrogens is 430 g/mol. The van der Waals surface area contributed by atoms with Crippen molar-refractivity contribution in [2.75, 3.05) is 20.2 Å². The van der Waals surface area contributed by atoms with E-state index in [0.29, 0.717) is 30.0 Å². The van der Waals surface area contributed by atoms with Gasteiger partial charge in [-0.05, 0) is 56.2 Å². The van der Waals surface area contributed by atoms with Crippen molar-refractivity contribution in [2.45, 2.75) is 31.3 Å². The van der Waals surface area contributed by atoms with Gasteiger partial charge >= 0.3 is 5.97 Å². The molecular formula is C21H22ClNO6S. The number of hydrogen-bond donors (Lipinski definition) is 0. The lowest BCUT2D eigenvalue weighted by Crippen LogP contribution is -2.28. The molecule has 0 aliphatic carbocycles. The van der Waals surface area contributed by atoms with Crippen molar-refractivity contribution in [2.24, 2.45) is 0 Å². The van der Waals surface area contributed by atoms with Crippen molar-refractivity contribution >= 4 is 33.4 Å². The van der Waals surface area contributed by atoms with Crippen LogP contribution in [0.4, 0.5) is 0 Å². The van der Waals surface area contributed by atoms with E-state index in [0.717, 1.165) is 12.8 Å². The Hall–Kier alpha value is -2.42. The lowest BCUT2D eigenvalue weighted by atomic mass is 10.1. The van der Waals surface area contributed by atoms with E-state index >= 15 is 0 Å². The number of methoxy groups -OCH3 is 1. The number of Topliss-reactive ketones (excluding diaryl/α,β-unsaturated/α-hetero) is 1. The molecule has 160 valence electrons. The van der Waals surface area contributed by atoms with Crippen molar-refractivity contribution in [3.8, 4) is 5.75 Å². The molecule has 2 aromatic rings. The van der Waals surface area contributed by atoms with Gasteiger partial charge < -0.3 is 9.47 Å². The Morgan fingerprint density at radius 1 is 1.10 bits per heavy atom. The summed E-state index contributed by atoms with van der Waals surface area (Å²) >= 11 is 6.13. The Morgan fingerprint density at radius 3 is 2.43 bits per heavy atom. The smallest absolute Gasteiger partial charge is 0.340 e. The number of esters is 1. The molecule has 0 aromatic heterocycles. The Labute approximate surface area is 180 Å². The third-order valence-corrected chi connectivity index (χ3v) is 7.13. The van der Waals surface area contributed by atoms with Gasteiger partial charge in [-0.25, -0.2) is 13.2 Å². The molecule has 7 nitrogen and oxygen atoms in total. The maximum atomic E-state index is 12.8. The van der Waals surface area contributed by atoms with Crippen molar-refractivity contribution in [3.05, 3.63) is 58.1 Å². The van der Waals surface area contributed by atoms with Crippen LogP contribution in [0.25, 0.3) is 0 Å². The summed E-state index contributed by atoms with van der Waals surface area (Å²) in [5, 5.41) is 0.0878. The van der Waals surface area contributed by atoms with Crippen molar-refractivity contribution in [3.63, 3.8) is 0 Å². The zero-order valence-corrected chi connectivity index (χ0v) is 18.3. The zero-order chi connectivity index (χ0) is 21.9. The van der Waals surface area contributed by atoms with E-state index in [-0.39, 0.29) is 27.9 Å². The number of nitrogens with zero attached hydrogens (tertiary/aromatic N) is 1. The molecule has 0 bridgehead atoms. The third kappa shape index (κ3) is 4.66. The van der Waals surface area contributed by atoms with Gasteiger partial charge in [0.05, 0.1) is 22.6 Å². The molecule has 0 N–H and O–H groups in total. The van der Waals surface area contributed by atoms with Crippen LogP contribution in [0.2, 0.25) is 5.02 Å². The molecule has 1 aliphatic heterocycles. The van der Waals surface area contributed by atoms with E-state index < -0.39 is 16.0 Å². The molecule has 0 amide bonds. The maximum absolute atomic E-state index is 12.8. The molecule has 1 fully saturated rings. The number of ketones is 1. The Bertz CT molecular complexity index is 1080. The summed E-state index contributed by atoms with van der Waals surface area (Å²) in [7, 11) is -2.23. The minimum absolute atomic E-state index is 0.00286. The fraction of sp³-hybridized carbons (Fsp3) is 0.333. The molecule has 1 heterocycles. The van der Waals surface area contributed by atoms with Crippen molar-refractivity contribution < 1.29 is 27.5 Å². The number of hydrogen-bond acceptors (Lipinski definition) is 6. The van der Waals surface area contributed by atoms with Gasteiger partial charge in [-0.3, -0.25) is 4.79 Å². The van der Waals surface area contributed by atoms with Crippen LogP contribution in [0.15, 0.2) is 41.3 Å². The first-order valence-electron chi connectivity index (χ1n) is 9.38. The molecule has 0 saturated carbocycles. The predicted molar refractivity (Wildman–Crippen MR) is 112 cm³/mol. The highest BCUT2D eigenvalue weighted by atomic mass is 35.5. The van der Waals surface area contributed by atoms with Gasteiger partial charge in [0, 0.05) is 24.2 Å². The van der Waals surface area contributed by atoms with Gasteiger partial charge in [-0.1, -0.05) is 11.6 Å². The summed E-state index contributed by atoms with van der Waals surface area (Å²) in [5.74, 6) is -0.439. The van der Waals surface area contributed by atoms with Crippen LogP contribution >= 0.6 is 11.6 Å². The van der Waals surface area contributed by atoms with Crippen molar-refractivity contribution in [1.29, 1.82) is 0 Å². The van der Waals surface area contributed by atoms with Crippen LogP contribution in [-0.4, -0.2) is 44.7 Å². The van der Waals surface area contributed by atoms with E-state index in [9.17, 15) is 18.0 Å². The van der Waals surface area contributed by atoms with Crippen LogP contribution in [0.3, 0.4) is 0 Å². The van der Waals surface area contributed by atoms with E-state index in [1.165, 1.54) is 36.5 Å². The monoisotopic (exact) mass is 451 g/mol. The minimum Gasteiger partial charge on any atom is -0.496 e. The summed E-state index contributed by atoms with van der Waals surface area (Å²) in [4.78, 5) is 24.2. The molecule has 0 atom stereocenters. The fourth-order valence-electron chi connectivity index (χ4n) is 3.23. The zero-order valence-electron chi connectivity index (χ0n) is 16.7. The number of carbonyl (C=O) groups excluding carboxylic acids is 2. The number of carbonyl (C=O) groups is 2. The molecule has 9 heteroatoms. The molecule has 1 saturated heterocycles. The molecule has 0 radical (unpaired) electrons. The third-order valence-electron chi connectivity index (χ3n) is 4.91. The molecule has 0 unspecified atom stereocenters. The average molecular weight is 452 g/mol. The Morgan fingerprint density at radius 2 is 1.80 bits per heavy atom. The van der Waals surface area contributed by atoms with Crippen LogP contribution in [0.1, 0.15) is 46.0 Å². The van der Waals surface area contributed by atoms with E-state index in [2.05, 4.69) is 0 Å². The molecule has 2 aromatic carbocycles. The largest absolute Gasteiger partial charge is 0.496 e. The quantitative estimate of drug-likeness (QED) is 0.471.